The van der Waals surface area contributed by atoms with Gasteiger partial charge in [0.15, 0.2) is 0 Å². The molecule has 0 bridgehead atoms. The number of aryl methyl sites for hydroxylation is 1. The van der Waals surface area contributed by atoms with Gasteiger partial charge in [0.1, 0.15) is 11.6 Å². The molecule has 0 amide bonds. The summed E-state index contributed by atoms with van der Waals surface area (Å²) in [6.45, 7) is 1.80. The normalized spacial score (nSPS) is 10.3. The zero-order chi connectivity index (χ0) is 10.8. The van der Waals surface area contributed by atoms with Gasteiger partial charge in [0.2, 0.25) is 0 Å². The predicted octanol–water partition coefficient (Wildman–Crippen LogP) is 3.95. The van der Waals surface area contributed by atoms with Gasteiger partial charge in [0.25, 0.3) is 5.19 Å². The molecule has 1 aromatic carbocycles. The van der Waals surface area contributed by atoms with Crippen LogP contribution >= 0.6 is 34.7 Å². The molecule has 0 saturated heterocycles. The molecule has 15 heavy (non-hydrogen) atoms. The number of halogens is 2. The van der Waals surface area contributed by atoms with E-state index in [4.69, 9.17) is 27.9 Å². The summed E-state index contributed by atoms with van der Waals surface area (Å²) in [5.74, 6) is 1.24. The van der Waals surface area contributed by atoms with E-state index in [0.717, 1.165) is 0 Å². The van der Waals surface area contributed by atoms with Crippen molar-refractivity contribution < 1.29 is 4.74 Å². The second-order valence-electron chi connectivity index (χ2n) is 2.81. The highest BCUT2D eigenvalue weighted by Gasteiger charge is 2.04. The van der Waals surface area contributed by atoms with Crippen LogP contribution in [0, 0.1) is 6.92 Å². The number of benzene rings is 1. The smallest absolute Gasteiger partial charge is 0.298 e. The van der Waals surface area contributed by atoms with Crippen molar-refractivity contribution in [3.63, 3.8) is 0 Å². The quantitative estimate of drug-likeness (QED) is 0.821. The van der Waals surface area contributed by atoms with Crippen molar-refractivity contribution in [1.29, 1.82) is 0 Å². The van der Waals surface area contributed by atoms with Gasteiger partial charge in [0.05, 0.1) is 0 Å². The zero-order valence-electron chi connectivity index (χ0n) is 7.70. The Balaban J connectivity index is 2.24. The van der Waals surface area contributed by atoms with Crippen LogP contribution in [0.5, 0.6) is 10.9 Å². The maximum atomic E-state index is 5.82. The summed E-state index contributed by atoms with van der Waals surface area (Å²) < 4.78 is 9.43. The summed E-state index contributed by atoms with van der Waals surface area (Å²) in [5, 5.41) is 1.53. The molecule has 0 saturated carbocycles. The molecule has 0 fully saturated rings. The van der Waals surface area contributed by atoms with E-state index in [2.05, 4.69) is 9.36 Å². The Bertz CT molecular complexity index is 466. The molecule has 0 radical (unpaired) electrons. The molecular formula is C9H6Cl2N2OS. The van der Waals surface area contributed by atoms with Gasteiger partial charge in [0, 0.05) is 21.6 Å². The summed E-state index contributed by atoms with van der Waals surface area (Å²) >= 11 is 12.8. The lowest BCUT2D eigenvalue weighted by Gasteiger charge is -2.01. The number of aromatic nitrogens is 2. The maximum absolute atomic E-state index is 5.82. The minimum absolute atomic E-state index is 0.478. The molecule has 2 aromatic rings. The zero-order valence-corrected chi connectivity index (χ0v) is 10.0. The number of hydrogen-bond donors (Lipinski definition) is 0. The van der Waals surface area contributed by atoms with Crippen molar-refractivity contribution in [1.82, 2.24) is 9.36 Å². The number of ether oxygens (including phenoxy) is 1. The van der Waals surface area contributed by atoms with E-state index in [1.54, 1.807) is 25.1 Å². The average Bonchev–Trinajstić information content (AvgIpc) is 2.49. The van der Waals surface area contributed by atoms with Crippen molar-refractivity contribution in [2.75, 3.05) is 0 Å². The lowest BCUT2D eigenvalue weighted by atomic mass is 10.3. The fourth-order valence-electron chi connectivity index (χ4n) is 1.01. The molecular weight excluding hydrogens is 255 g/mol. The predicted molar refractivity (Wildman–Crippen MR) is 61.2 cm³/mol. The summed E-state index contributed by atoms with van der Waals surface area (Å²) in [6.07, 6.45) is 0. The van der Waals surface area contributed by atoms with E-state index in [1.807, 2.05) is 0 Å². The van der Waals surface area contributed by atoms with Gasteiger partial charge in [-0.15, -0.1) is 0 Å². The van der Waals surface area contributed by atoms with Crippen molar-refractivity contribution >= 4 is 34.7 Å². The highest BCUT2D eigenvalue weighted by molar-refractivity contribution is 7.07. The third-order valence-corrected chi connectivity index (χ3v) is 2.67. The van der Waals surface area contributed by atoms with Gasteiger partial charge in [-0.25, -0.2) is 0 Å². The fraction of sp³-hybridized carbons (Fsp3) is 0.111. The van der Waals surface area contributed by atoms with Gasteiger partial charge in [-0.1, -0.05) is 23.2 Å². The Morgan fingerprint density at radius 2 is 1.87 bits per heavy atom. The van der Waals surface area contributed by atoms with E-state index in [1.165, 1.54) is 11.5 Å². The average molecular weight is 261 g/mol. The van der Waals surface area contributed by atoms with E-state index < -0.39 is 0 Å². The molecule has 2 rings (SSSR count). The molecule has 0 spiro atoms. The minimum atomic E-state index is 0.478. The number of rotatable bonds is 2. The molecule has 0 unspecified atom stereocenters. The number of nitrogens with zero attached hydrogens (tertiary/aromatic N) is 2. The van der Waals surface area contributed by atoms with Gasteiger partial charge in [-0.05, 0) is 25.1 Å². The molecule has 1 heterocycles. The lowest BCUT2D eigenvalue weighted by molar-refractivity contribution is 0.478. The van der Waals surface area contributed by atoms with Gasteiger partial charge >= 0.3 is 0 Å². The fourth-order valence-corrected chi connectivity index (χ4v) is 2.07. The van der Waals surface area contributed by atoms with Crippen LogP contribution in [0.15, 0.2) is 18.2 Å². The third-order valence-electron chi connectivity index (χ3n) is 1.55. The van der Waals surface area contributed by atoms with Crippen LogP contribution in [-0.4, -0.2) is 9.36 Å². The van der Waals surface area contributed by atoms with Gasteiger partial charge in [-0.2, -0.15) is 9.36 Å². The third kappa shape index (κ3) is 2.81. The first-order valence-electron chi connectivity index (χ1n) is 4.08. The van der Waals surface area contributed by atoms with Crippen LogP contribution in [0.1, 0.15) is 5.82 Å². The number of hydrogen-bond acceptors (Lipinski definition) is 4. The first kappa shape index (κ1) is 10.7. The minimum Gasteiger partial charge on any atom is -0.430 e. The molecule has 1 aromatic heterocycles. The maximum Gasteiger partial charge on any atom is 0.298 e. The standard InChI is InChI=1S/C9H6Cl2N2OS/c1-5-12-9(15-13-5)14-8-3-6(10)2-7(11)4-8/h2-4H,1H3. The lowest BCUT2D eigenvalue weighted by Crippen LogP contribution is -1.83. The second kappa shape index (κ2) is 4.35. The molecule has 6 heteroatoms. The molecule has 0 aliphatic heterocycles. The summed E-state index contributed by atoms with van der Waals surface area (Å²) in [6, 6.07) is 4.98. The molecule has 0 N–H and O–H groups in total. The van der Waals surface area contributed by atoms with Crippen molar-refractivity contribution in [2.45, 2.75) is 6.92 Å². The van der Waals surface area contributed by atoms with Crippen LogP contribution in [0.3, 0.4) is 0 Å². The molecule has 3 nitrogen and oxygen atoms in total. The highest BCUT2D eigenvalue weighted by atomic mass is 35.5. The monoisotopic (exact) mass is 260 g/mol. The Morgan fingerprint density at radius 1 is 1.20 bits per heavy atom. The Kier molecular flexibility index (Phi) is 3.09. The Labute approximate surface area is 101 Å². The van der Waals surface area contributed by atoms with E-state index >= 15 is 0 Å². The van der Waals surface area contributed by atoms with E-state index in [9.17, 15) is 0 Å². The van der Waals surface area contributed by atoms with Crippen LogP contribution < -0.4 is 4.74 Å². The first-order valence-corrected chi connectivity index (χ1v) is 5.61. The van der Waals surface area contributed by atoms with E-state index in [-0.39, 0.29) is 0 Å². The van der Waals surface area contributed by atoms with Gasteiger partial charge < -0.3 is 4.74 Å². The van der Waals surface area contributed by atoms with Crippen LogP contribution in [0.2, 0.25) is 10.0 Å². The molecule has 0 atom stereocenters. The van der Waals surface area contributed by atoms with Gasteiger partial charge in [-0.3, -0.25) is 0 Å². The van der Waals surface area contributed by atoms with Crippen molar-refractivity contribution in [2.24, 2.45) is 0 Å². The molecule has 78 valence electrons. The highest BCUT2D eigenvalue weighted by Crippen LogP contribution is 2.28. The van der Waals surface area contributed by atoms with Crippen LogP contribution in [0.4, 0.5) is 0 Å². The summed E-state index contributed by atoms with van der Waals surface area (Å²) in [4.78, 5) is 4.06. The molecule has 0 aliphatic rings. The Hall–Kier alpha value is -0.840. The SMILES string of the molecule is Cc1nsc(Oc2cc(Cl)cc(Cl)c2)n1. The van der Waals surface area contributed by atoms with Crippen molar-refractivity contribution in [3.05, 3.63) is 34.1 Å². The van der Waals surface area contributed by atoms with Crippen molar-refractivity contribution in [3.8, 4) is 10.9 Å². The Morgan fingerprint density at radius 3 is 2.40 bits per heavy atom. The second-order valence-corrected chi connectivity index (χ2v) is 4.40. The summed E-state index contributed by atoms with van der Waals surface area (Å²) in [7, 11) is 0. The summed E-state index contributed by atoms with van der Waals surface area (Å²) in [5.41, 5.74) is 0. The van der Waals surface area contributed by atoms with Crippen LogP contribution in [-0.2, 0) is 0 Å². The molecule has 0 aliphatic carbocycles. The van der Waals surface area contributed by atoms with E-state index in [0.29, 0.717) is 26.8 Å². The largest absolute Gasteiger partial charge is 0.430 e. The first-order chi connectivity index (χ1) is 7.13. The topological polar surface area (TPSA) is 35.0 Å². The van der Waals surface area contributed by atoms with Crippen LogP contribution in [0.25, 0.3) is 0 Å².